The third-order valence-corrected chi connectivity index (χ3v) is 4.95. The number of pyridine rings is 2. The van der Waals surface area contributed by atoms with Crippen LogP contribution in [0.5, 0.6) is 0 Å². The first-order chi connectivity index (χ1) is 14.3. The molecule has 4 heterocycles. The zero-order valence-electron chi connectivity index (χ0n) is 16.8. The lowest BCUT2D eigenvalue weighted by Gasteiger charge is -2.27. The molecule has 29 heavy (non-hydrogen) atoms. The van der Waals surface area contributed by atoms with Crippen LogP contribution in [0, 0.1) is 6.92 Å². The van der Waals surface area contributed by atoms with E-state index in [1.165, 1.54) is 17.0 Å². The summed E-state index contributed by atoms with van der Waals surface area (Å²) in [6.07, 6.45) is 16.7. The van der Waals surface area contributed by atoms with E-state index in [0.29, 0.717) is 0 Å². The van der Waals surface area contributed by atoms with Gasteiger partial charge in [0.25, 0.3) is 0 Å². The van der Waals surface area contributed by atoms with Crippen LogP contribution in [0.2, 0.25) is 0 Å². The minimum absolute atomic E-state index is 0.833. The number of hydrogen-bond donors (Lipinski definition) is 2. The Hall–Kier alpha value is -3.18. The lowest BCUT2D eigenvalue weighted by Crippen LogP contribution is -2.35. The maximum absolute atomic E-state index is 4.65. The molecule has 5 nitrogen and oxygen atoms in total. The van der Waals surface area contributed by atoms with E-state index in [4.69, 9.17) is 0 Å². The van der Waals surface area contributed by atoms with E-state index in [9.17, 15) is 0 Å². The van der Waals surface area contributed by atoms with E-state index in [1.807, 2.05) is 25.4 Å². The molecule has 0 bridgehead atoms. The van der Waals surface area contributed by atoms with Gasteiger partial charge in [-0.2, -0.15) is 0 Å². The van der Waals surface area contributed by atoms with E-state index in [-0.39, 0.29) is 0 Å². The molecular formula is C24H27N5. The van der Waals surface area contributed by atoms with Gasteiger partial charge >= 0.3 is 0 Å². The summed E-state index contributed by atoms with van der Waals surface area (Å²) in [7, 11) is 0. The van der Waals surface area contributed by atoms with Crippen LogP contribution in [0.15, 0.2) is 84.5 Å². The average Bonchev–Trinajstić information content (AvgIpc) is 2.76. The molecule has 2 aromatic heterocycles. The molecule has 4 rings (SSSR count). The van der Waals surface area contributed by atoms with Crippen molar-refractivity contribution in [2.75, 3.05) is 26.2 Å². The van der Waals surface area contributed by atoms with Gasteiger partial charge in [0.05, 0.1) is 11.4 Å². The summed E-state index contributed by atoms with van der Waals surface area (Å²) in [6, 6.07) is 8.31. The second kappa shape index (κ2) is 9.34. The van der Waals surface area contributed by atoms with Gasteiger partial charge < -0.3 is 10.6 Å². The molecule has 2 aliphatic rings. The molecule has 0 atom stereocenters. The second-order valence-electron chi connectivity index (χ2n) is 7.42. The summed E-state index contributed by atoms with van der Waals surface area (Å²) in [6.45, 7) is 6.40. The predicted octanol–water partition coefficient (Wildman–Crippen LogP) is 3.34. The highest BCUT2D eigenvalue weighted by atomic mass is 15.2. The smallest absolute Gasteiger partial charge is 0.0886 e. The second-order valence-corrected chi connectivity index (χ2v) is 7.42. The Morgan fingerprint density at radius 2 is 1.41 bits per heavy atom. The van der Waals surface area contributed by atoms with Crippen LogP contribution in [0.25, 0.3) is 11.4 Å². The van der Waals surface area contributed by atoms with E-state index in [1.54, 1.807) is 0 Å². The van der Waals surface area contributed by atoms with Crippen molar-refractivity contribution < 1.29 is 0 Å². The summed E-state index contributed by atoms with van der Waals surface area (Å²) in [5, 5.41) is 6.93. The largest absolute Gasteiger partial charge is 0.384 e. The molecule has 148 valence electrons. The van der Waals surface area contributed by atoms with Crippen LogP contribution in [0.4, 0.5) is 0 Å². The molecule has 0 aromatic carbocycles. The molecule has 0 saturated carbocycles. The number of aryl methyl sites for hydroxylation is 1. The molecular weight excluding hydrogens is 358 g/mol. The van der Waals surface area contributed by atoms with Crippen molar-refractivity contribution in [1.82, 2.24) is 25.5 Å². The van der Waals surface area contributed by atoms with E-state index in [2.05, 4.69) is 80.2 Å². The number of allylic oxidation sites excluding steroid dienone is 4. The van der Waals surface area contributed by atoms with Crippen LogP contribution in [-0.4, -0.2) is 41.0 Å². The highest BCUT2D eigenvalue weighted by molar-refractivity contribution is 5.53. The number of dihydropyridines is 2. The molecule has 0 aliphatic carbocycles. The maximum atomic E-state index is 4.65. The SMILES string of the molecule is Cc1ccc(-c2ccc(CN(CC3=CC=CCN3)CC3=CC=CCN3)cn2)nc1. The fourth-order valence-electron chi connectivity index (χ4n) is 3.42. The highest BCUT2D eigenvalue weighted by Crippen LogP contribution is 2.16. The van der Waals surface area contributed by atoms with Crippen molar-refractivity contribution in [3.05, 3.63) is 95.6 Å². The first kappa shape index (κ1) is 19.2. The van der Waals surface area contributed by atoms with Crippen molar-refractivity contribution in [3.8, 4) is 11.4 Å². The van der Waals surface area contributed by atoms with E-state index >= 15 is 0 Å². The van der Waals surface area contributed by atoms with Gasteiger partial charge in [-0.1, -0.05) is 36.4 Å². The number of hydrogen-bond acceptors (Lipinski definition) is 5. The molecule has 0 radical (unpaired) electrons. The van der Waals surface area contributed by atoms with Crippen LogP contribution in [0.1, 0.15) is 11.1 Å². The van der Waals surface area contributed by atoms with Gasteiger partial charge in [-0.25, -0.2) is 0 Å². The van der Waals surface area contributed by atoms with Gasteiger partial charge in [0.1, 0.15) is 0 Å². The standard InChI is InChI=1S/C24H27N5/c1-19-8-10-23(27-14-19)24-11-9-20(15-28-24)16-29(17-21-6-2-4-12-25-21)18-22-7-3-5-13-26-22/h2-11,14-15,25-26H,12-13,16-18H2,1H3. The third kappa shape index (κ3) is 5.42. The van der Waals surface area contributed by atoms with Crippen LogP contribution in [-0.2, 0) is 6.54 Å². The lowest BCUT2D eigenvalue weighted by atomic mass is 10.1. The van der Waals surface area contributed by atoms with Crippen LogP contribution in [0.3, 0.4) is 0 Å². The van der Waals surface area contributed by atoms with Gasteiger partial charge in [0, 0.05) is 56.5 Å². The minimum atomic E-state index is 0.833. The van der Waals surface area contributed by atoms with Gasteiger partial charge in [0.2, 0.25) is 0 Å². The minimum Gasteiger partial charge on any atom is -0.384 e. The zero-order chi connectivity index (χ0) is 19.9. The number of rotatable bonds is 7. The summed E-state index contributed by atoms with van der Waals surface area (Å²) in [5.41, 5.74) is 6.65. The lowest BCUT2D eigenvalue weighted by molar-refractivity contribution is 0.301. The van der Waals surface area contributed by atoms with Crippen molar-refractivity contribution in [2.24, 2.45) is 0 Å². The number of aromatic nitrogens is 2. The molecule has 2 aliphatic heterocycles. The Balaban J connectivity index is 1.47. The van der Waals surface area contributed by atoms with Gasteiger partial charge in [-0.3, -0.25) is 14.9 Å². The first-order valence-electron chi connectivity index (χ1n) is 10.1. The molecule has 2 N–H and O–H groups in total. The molecule has 0 spiro atoms. The summed E-state index contributed by atoms with van der Waals surface area (Å²) in [5.74, 6) is 0. The van der Waals surface area contributed by atoms with Crippen molar-refractivity contribution in [1.29, 1.82) is 0 Å². The van der Waals surface area contributed by atoms with Crippen molar-refractivity contribution in [3.63, 3.8) is 0 Å². The van der Waals surface area contributed by atoms with Gasteiger partial charge in [0.15, 0.2) is 0 Å². The third-order valence-electron chi connectivity index (χ3n) is 4.95. The van der Waals surface area contributed by atoms with Crippen LogP contribution >= 0.6 is 0 Å². The average molecular weight is 386 g/mol. The maximum Gasteiger partial charge on any atom is 0.0886 e. The Kier molecular flexibility index (Phi) is 6.17. The number of nitrogens with zero attached hydrogens (tertiary/aromatic N) is 3. The predicted molar refractivity (Wildman–Crippen MR) is 118 cm³/mol. The summed E-state index contributed by atoms with van der Waals surface area (Å²) >= 11 is 0. The fourth-order valence-corrected chi connectivity index (χ4v) is 3.42. The Morgan fingerprint density at radius 1 is 0.793 bits per heavy atom. The number of nitrogens with one attached hydrogen (secondary N) is 2. The van der Waals surface area contributed by atoms with E-state index < -0.39 is 0 Å². The Bertz CT molecular complexity index is 902. The summed E-state index contributed by atoms with van der Waals surface area (Å²) in [4.78, 5) is 11.6. The monoisotopic (exact) mass is 385 g/mol. The first-order valence-corrected chi connectivity index (χ1v) is 10.1. The summed E-state index contributed by atoms with van der Waals surface area (Å²) < 4.78 is 0. The quantitative estimate of drug-likeness (QED) is 0.766. The zero-order valence-corrected chi connectivity index (χ0v) is 16.8. The van der Waals surface area contributed by atoms with Crippen molar-refractivity contribution >= 4 is 0 Å². The fraction of sp³-hybridized carbons (Fsp3) is 0.250. The molecule has 0 unspecified atom stereocenters. The van der Waals surface area contributed by atoms with Crippen LogP contribution < -0.4 is 10.6 Å². The van der Waals surface area contributed by atoms with Crippen molar-refractivity contribution in [2.45, 2.75) is 13.5 Å². The molecule has 0 amide bonds. The Morgan fingerprint density at radius 3 is 1.90 bits per heavy atom. The molecule has 0 fully saturated rings. The highest BCUT2D eigenvalue weighted by Gasteiger charge is 2.13. The molecule has 2 aromatic rings. The van der Waals surface area contributed by atoms with E-state index in [0.717, 1.165) is 49.7 Å². The topological polar surface area (TPSA) is 53.1 Å². The van der Waals surface area contributed by atoms with Gasteiger partial charge in [-0.05, 0) is 42.3 Å². The molecule has 0 saturated heterocycles. The molecule has 5 heteroatoms. The van der Waals surface area contributed by atoms with Gasteiger partial charge in [-0.15, -0.1) is 0 Å². The Labute approximate surface area is 172 Å². The normalized spacial score (nSPS) is 15.5.